The first-order valence-electron chi connectivity index (χ1n) is 7.10. The standard InChI is InChI=1S/C17H16ClN3O2/c1-10-6-7-12(9-13(10)18)20-17(22)15-11(2)19-16-14(23-3)5-4-8-21(15)16/h4-9H,1-3H3,(H,20,22). The Morgan fingerprint density at radius 1 is 1.30 bits per heavy atom. The number of carbonyl (C=O) groups excluding carboxylic acids is 1. The van der Waals surface area contributed by atoms with Gasteiger partial charge in [0.05, 0.1) is 12.8 Å². The van der Waals surface area contributed by atoms with Crippen LogP contribution in [0.25, 0.3) is 5.65 Å². The van der Waals surface area contributed by atoms with Crippen LogP contribution in [0.15, 0.2) is 36.5 Å². The average molecular weight is 330 g/mol. The molecule has 0 radical (unpaired) electrons. The number of pyridine rings is 1. The number of amides is 1. The molecule has 3 rings (SSSR count). The Balaban J connectivity index is 2.01. The first-order chi connectivity index (χ1) is 11.0. The Kier molecular flexibility index (Phi) is 3.96. The summed E-state index contributed by atoms with van der Waals surface area (Å²) >= 11 is 6.10. The van der Waals surface area contributed by atoms with Crippen molar-refractivity contribution in [2.45, 2.75) is 13.8 Å². The third-order valence-corrected chi connectivity index (χ3v) is 4.06. The molecule has 2 heterocycles. The summed E-state index contributed by atoms with van der Waals surface area (Å²) in [5.74, 6) is 0.371. The molecule has 1 aromatic carbocycles. The largest absolute Gasteiger partial charge is 0.493 e. The van der Waals surface area contributed by atoms with Gasteiger partial charge in [0.2, 0.25) is 0 Å². The second-order valence-corrected chi connectivity index (χ2v) is 5.64. The zero-order valence-electron chi connectivity index (χ0n) is 13.1. The van der Waals surface area contributed by atoms with Gasteiger partial charge in [0.25, 0.3) is 5.91 Å². The summed E-state index contributed by atoms with van der Waals surface area (Å²) in [6.07, 6.45) is 1.79. The van der Waals surface area contributed by atoms with Crippen LogP contribution in [0.2, 0.25) is 5.02 Å². The highest BCUT2D eigenvalue weighted by molar-refractivity contribution is 6.31. The lowest BCUT2D eigenvalue weighted by Crippen LogP contribution is -2.15. The number of aromatic nitrogens is 2. The predicted molar refractivity (Wildman–Crippen MR) is 90.6 cm³/mol. The van der Waals surface area contributed by atoms with E-state index in [4.69, 9.17) is 16.3 Å². The van der Waals surface area contributed by atoms with Gasteiger partial charge in [-0.1, -0.05) is 17.7 Å². The number of nitrogens with one attached hydrogen (secondary N) is 1. The Morgan fingerprint density at radius 3 is 2.78 bits per heavy atom. The summed E-state index contributed by atoms with van der Waals surface area (Å²) in [5.41, 5.74) is 3.31. The van der Waals surface area contributed by atoms with Crippen molar-refractivity contribution in [3.63, 3.8) is 0 Å². The number of halogens is 1. The van der Waals surface area contributed by atoms with Crippen molar-refractivity contribution < 1.29 is 9.53 Å². The number of hydrogen-bond acceptors (Lipinski definition) is 3. The van der Waals surface area contributed by atoms with Crippen LogP contribution >= 0.6 is 11.6 Å². The first kappa shape index (κ1) is 15.4. The highest BCUT2D eigenvalue weighted by Crippen LogP contribution is 2.24. The fourth-order valence-corrected chi connectivity index (χ4v) is 2.63. The summed E-state index contributed by atoms with van der Waals surface area (Å²) in [5, 5.41) is 3.47. The molecule has 0 saturated carbocycles. The number of imidazole rings is 1. The van der Waals surface area contributed by atoms with Gasteiger partial charge in [-0.3, -0.25) is 9.20 Å². The number of aryl methyl sites for hydroxylation is 2. The molecule has 0 aliphatic heterocycles. The van der Waals surface area contributed by atoms with Crippen molar-refractivity contribution in [1.29, 1.82) is 0 Å². The zero-order chi connectivity index (χ0) is 16.6. The molecule has 23 heavy (non-hydrogen) atoms. The Morgan fingerprint density at radius 2 is 2.09 bits per heavy atom. The smallest absolute Gasteiger partial charge is 0.274 e. The van der Waals surface area contributed by atoms with E-state index in [1.165, 1.54) is 0 Å². The minimum Gasteiger partial charge on any atom is -0.493 e. The van der Waals surface area contributed by atoms with Gasteiger partial charge < -0.3 is 10.1 Å². The number of benzene rings is 1. The van der Waals surface area contributed by atoms with E-state index >= 15 is 0 Å². The minimum atomic E-state index is -0.247. The number of nitrogens with zero attached hydrogens (tertiary/aromatic N) is 2. The van der Waals surface area contributed by atoms with E-state index in [-0.39, 0.29) is 5.91 Å². The van der Waals surface area contributed by atoms with Crippen molar-refractivity contribution in [1.82, 2.24) is 9.38 Å². The van der Waals surface area contributed by atoms with Crippen molar-refractivity contribution in [2.24, 2.45) is 0 Å². The second kappa shape index (κ2) is 5.93. The predicted octanol–water partition coefficient (Wildman–Crippen LogP) is 3.87. The number of anilines is 1. The molecule has 0 aliphatic carbocycles. The van der Waals surface area contributed by atoms with E-state index in [1.807, 2.05) is 31.2 Å². The van der Waals surface area contributed by atoms with Crippen LogP contribution in [0.3, 0.4) is 0 Å². The van der Waals surface area contributed by atoms with Crippen molar-refractivity contribution in [2.75, 3.05) is 12.4 Å². The second-order valence-electron chi connectivity index (χ2n) is 5.23. The van der Waals surface area contributed by atoms with E-state index in [1.54, 1.807) is 30.7 Å². The molecule has 118 valence electrons. The first-order valence-corrected chi connectivity index (χ1v) is 7.48. The molecule has 0 saturated heterocycles. The summed E-state index contributed by atoms with van der Waals surface area (Å²) in [7, 11) is 1.58. The molecule has 2 aromatic heterocycles. The maximum atomic E-state index is 12.7. The van der Waals surface area contributed by atoms with Crippen LogP contribution in [-0.4, -0.2) is 22.4 Å². The molecule has 0 atom stereocenters. The summed E-state index contributed by atoms with van der Waals surface area (Å²) in [6, 6.07) is 9.03. The highest BCUT2D eigenvalue weighted by atomic mass is 35.5. The molecule has 0 fully saturated rings. The summed E-state index contributed by atoms with van der Waals surface area (Å²) in [6.45, 7) is 3.71. The van der Waals surface area contributed by atoms with Gasteiger partial charge in [0.1, 0.15) is 5.69 Å². The Bertz CT molecular complexity index is 902. The lowest BCUT2D eigenvalue weighted by Gasteiger charge is -2.08. The Labute approximate surface area is 138 Å². The number of rotatable bonds is 3. The lowest BCUT2D eigenvalue weighted by molar-refractivity contribution is 0.102. The maximum Gasteiger partial charge on any atom is 0.274 e. The molecular weight excluding hydrogens is 314 g/mol. The molecule has 6 heteroatoms. The third kappa shape index (κ3) is 2.75. The summed E-state index contributed by atoms with van der Waals surface area (Å²) < 4.78 is 7.01. The van der Waals surface area contributed by atoms with Crippen LogP contribution in [0.5, 0.6) is 5.75 Å². The molecule has 1 amide bonds. The number of carbonyl (C=O) groups is 1. The van der Waals surface area contributed by atoms with Crippen LogP contribution in [-0.2, 0) is 0 Å². The number of methoxy groups -OCH3 is 1. The monoisotopic (exact) mass is 329 g/mol. The molecule has 0 bridgehead atoms. The van der Waals surface area contributed by atoms with Crippen LogP contribution in [0.4, 0.5) is 5.69 Å². The Hall–Kier alpha value is -2.53. The number of ether oxygens (including phenoxy) is 1. The molecule has 0 unspecified atom stereocenters. The fourth-order valence-electron chi connectivity index (χ4n) is 2.45. The van der Waals surface area contributed by atoms with Crippen molar-refractivity contribution in [3.05, 3.63) is 58.5 Å². The molecular formula is C17H16ClN3O2. The molecule has 5 nitrogen and oxygen atoms in total. The van der Waals surface area contributed by atoms with E-state index < -0.39 is 0 Å². The van der Waals surface area contributed by atoms with E-state index in [2.05, 4.69) is 10.3 Å². The van der Waals surface area contributed by atoms with Crippen LogP contribution < -0.4 is 10.1 Å². The fraction of sp³-hybridized carbons (Fsp3) is 0.176. The van der Waals surface area contributed by atoms with E-state index in [0.29, 0.717) is 33.5 Å². The highest BCUT2D eigenvalue weighted by Gasteiger charge is 2.18. The zero-order valence-corrected chi connectivity index (χ0v) is 13.8. The third-order valence-electron chi connectivity index (χ3n) is 3.65. The van der Waals surface area contributed by atoms with Gasteiger partial charge in [-0.15, -0.1) is 0 Å². The van der Waals surface area contributed by atoms with Gasteiger partial charge in [-0.2, -0.15) is 0 Å². The van der Waals surface area contributed by atoms with Crippen LogP contribution in [0, 0.1) is 13.8 Å². The topological polar surface area (TPSA) is 55.6 Å². The molecule has 1 N–H and O–H groups in total. The number of hydrogen-bond donors (Lipinski definition) is 1. The van der Waals surface area contributed by atoms with Crippen molar-refractivity contribution in [3.8, 4) is 5.75 Å². The molecule has 3 aromatic rings. The van der Waals surface area contributed by atoms with Gasteiger partial charge >= 0.3 is 0 Å². The van der Waals surface area contributed by atoms with Gasteiger partial charge in [-0.05, 0) is 43.7 Å². The lowest BCUT2D eigenvalue weighted by atomic mass is 10.2. The van der Waals surface area contributed by atoms with Crippen LogP contribution in [0.1, 0.15) is 21.7 Å². The number of fused-ring (bicyclic) bond motifs is 1. The quantitative estimate of drug-likeness (QED) is 0.793. The average Bonchev–Trinajstić information content (AvgIpc) is 2.86. The normalized spacial score (nSPS) is 10.8. The van der Waals surface area contributed by atoms with E-state index in [9.17, 15) is 4.79 Å². The summed E-state index contributed by atoms with van der Waals surface area (Å²) in [4.78, 5) is 17.1. The van der Waals surface area contributed by atoms with Gasteiger partial charge in [0.15, 0.2) is 11.4 Å². The molecule has 0 aliphatic rings. The van der Waals surface area contributed by atoms with Gasteiger partial charge in [0, 0.05) is 16.9 Å². The molecule has 0 spiro atoms. The maximum absolute atomic E-state index is 12.7. The van der Waals surface area contributed by atoms with Gasteiger partial charge in [-0.25, -0.2) is 4.98 Å². The van der Waals surface area contributed by atoms with Crippen molar-refractivity contribution >= 4 is 28.8 Å². The van der Waals surface area contributed by atoms with E-state index in [0.717, 1.165) is 5.56 Å². The SMILES string of the molecule is COc1cccn2c(C(=O)Nc3ccc(C)c(Cl)c3)c(C)nc12. The minimum absolute atomic E-state index is 0.247.